The summed E-state index contributed by atoms with van der Waals surface area (Å²) < 4.78 is 5.72. The van der Waals surface area contributed by atoms with Gasteiger partial charge in [-0.3, -0.25) is 0 Å². The first-order chi connectivity index (χ1) is 8.42. The van der Waals surface area contributed by atoms with Crippen molar-refractivity contribution in [2.75, 3.05) is 17.6 Å². The van der Waals surface area contributed by atoms with Gasteiger partial charge in [-0.25, -0.2) is 0 Å². The number of rotatable bonds is 6. The number of pyridine rings is 1. The average Bonchev–Trinajstić information content (AvgIpc) is 2.27. The molecule has 0 radical (unpaired) electrons. The number of anilines is 2. The molecule has 0 atom stereocenters. The summed E-state index contributed by atoms with van der Waals surface area (Å²) in [5.74, 6) is 1.32. The number of nitrogens with zero attached hydrogens (tertiary/aromatic N) is 1. The Balaban J connectivity index is 2.63. The van der Waals surface area contributed by atoms with Crippen LogP contribution in [0.5, 0.6) is 5.88 Å². The fourth-order valence-electron chi connectivity index (χ4n) is 1.51. The fraction of sp³-hybridized carbons (Fsp3) is 0.643. The Morgan fingerprint density at radius 3 is 2.61 bits per heavy atom. The molecule has 1 rings (SSSR count). The van der Waals surface area contributed by atoms with Crippen LogP contribution in [0.2, 0.25) is 0 Å². The van der Waals surface area contributed by atoms with Crippen LogP contribution in [0.4, 0.5) is 11.5 Å². The summed E-state index contributed by atoms with van der Waals surface area (Å²) in [5.41, 5.74) is 6.14. The van der Waals surface area contributed by atoms with E-state index in [0.29, 0.717) is 11.6 Å². The Hall–Kier alpha value is -1.45. The maximum absolute atomic E-state index is 5.86. The minimum absolute atomic E-state index is 0.290. The first-order valence-electron chi connectivity index (χ1n) is 6.62. The van der Waals surface area contributed by atoms with Crippen molar-refractivity contribution in [2.24, 2.45) is 0 Å². The standard InChI is InChI=1S/C14H25N3O/c1-5-6-7-10-16-12-9-8-11(15)13(17-12)18-14(2,3)4/h8-9H,5-7,10,15H2,1-4H3,(H,16,17). The lowest BCUT2D eigenvalue weighted by atomic mass is 10.2. The molecule has 0 unspecified atom stereocenters. The molecule has 1 aromatic heterocycles. The van der Waals surface area contributed by atoms with Gasteiger partial charge in [-0.15, -0.1) is 0 Å². The van der Waals surface area contributed by atoms with Crippen LogP contribution in [0.1, 0.15) is 47.0 Å². The lowest BCUT2D eigenvalue weighted by Crippen LogP contribution is -2.24. The van der Waals surface area contributed by atoms with Gasteiger partial charge in [0.15, 0.2) is 0 Å². The smallest absolute Gasteiger partial charge is 0.239 e. The minimum atomic E-state index is -0.290. The largest absolute Gasteiger partial charge is 0.470 e. The molecule has 4 nitrogen and oxygen atoms in total. The number of ether oxygens (including phenoxy) is 1. The van der Waals surface area contributed by atoms with E-state index < -0.39 is 0 Å². The van der Waals surface area contributed by atoms with Gasteiger partial charge in [0.25, 0.3) is 0 Å². The molecule has 0 bridgehead atoms. The van der Waals surface area contributed by atoms with Crippen molar-refractivity contribution in [3.63, 3.8) is 0 Å². The number of hydrogen-bond donors (Lipinski definition) is 2. The van der Waals surface area contributed by atoms with Crippen molar-refractivity contribution in [1.29, 1.82) is 0 Å². The average molecular weight is 251 g/mol. The SMILES string of the molecule is CCCCCNc1ccc(N)c(OC(C)(C)C)n1. The van der Waals surface area contributed by atoms with Gasteiger partial charge >= 0.3 is 0 Å². The normalized spacial score (nSPS) is 11.3. The highest BCUT2D eigenvalue weighted by molar-refractivity contribution is 5.53. The molecule has 0 aliphatic carbocycles. The lowest BCUT2D eigenvalue weighted by molar-refractivity contribution is 0.125. The summed E-state index contributed by atoms with van der Waals surface area (Å²) in [5, 5.41) is 3.29. The van der Waals surface area contributed by atoms with E-state index in [1.54, 1.807) is 0 Å². The van der Waals surface area contributed by atoms with Gasteiger partial charge in [-0.05, 0) is 39.3 Å². The second kappa shape index (κ2) is 6.47. The first kappa shape index (κ1) is 14.6. The molecule has 0 amide bonds. The zero-order valence-corrected chi connectivity index (χ0v) is 11.9. The topological polar surface area (TPSA) is 60.2 Å². The van der Waals surface area contributed by atoms with E-state index in [2.05, 4.69) is 17.2 Å². The maximum Gasteiger partial charge on any atom is 0.239 e. The van der Waals surface area contributed by atoms with Crippen LogP contribution in [0.3, 0.4) is 0 Å². The molecule has 1 aromatic rings. The molecule has 18 heavy (non-hydrogen) atoms. The molecule has 0 aliphatic rings. The summed E-state index contributed by atoms with van der Waals surface area (Å²) in [6, 6.07) is 3.72. The summed E-state index contributed by atoms with van der Waals surface area (Å²) in [4.78, 5) is 4.40. The summed E-state index contributed by atoms with van der Waals surface area (Å²) >= 11 is 0. The summed E-state index contributed by atoms with van der Waals surface area (Å²) in [7, 11) is 0. The first-order valence-corrected chi connectivity index (χ1v) is 6.62. The maximum atomic E-state index is 5.86. The van der Waals surface area contributed by atoms with Crippen molar-refractivity contribution in [3.05, 3.63) is 12.1 Å². The van der Waals surface area contributed by atoms with Crippen LogP contribution in [-0.4, -0.2) is 17.1 Å². The number of hydrogen-bond acceptors (Lipinski definition) is 4. The molecule has 102 valence electrons. The molecule has 0 saturated carbocycles. The van der Waals surface area contributed by atoms with Crippen molar-refractivity contribution < 1.29 is 4.74 Å². The zero-order chi connectivity index (χ0) is 13.6. The zero-order valence-electron chi connectivity index (χ0n) is 11.9. The van der Waals surface area contributed by atoms with Gasteiger partial charge in [0.05, 0.1) is 5.69 Å². The molecule has 0 aliphatic heterocycles. The quantitative estimate of drug-likeness (QED) is 0.760. The second-order valence-corrected chi connectivity index (χ2v) is 5.44. The van der Waals surface area contributed by atoms with Gasteiger partial charge in [0.2, 0.25) is 5.88 Å². The van der Waals surface area contributed by atoms with Crippen molar-refractivity contribution >= 4 is 11.5 Å². The molecule has 3 N–H and O–H groups in total. The molecular formula is C14H25N3O. The van der Waals surface area contributed by atoms with Crippen molar-refractivity contribution in [3.8, 4) is 5.88 Å². The molecule has 0 spiro atoms. The van der Waals surface area contributed by atoms with Crippen LogP contribution < -0.4 is 15.8 Å². The Morgan fingerprint density at radius 2 is 2.00 bits per heavy atom. The number of nitrogens with two attached hydrogens (primary N) is 1. The predicted octanol–water partition coefficient (Wildman–Crippen LogP) is 3.44. The molecular weight excluding hydrogens is 226 g/mol. The number of aromatic nitrogens is 1. The van der Waals surface area contributed by atoms with Gasteiger partial charge in [-0.1, -0.05) is 19.8 Å². The molecule has 1 heterocycles. The van der Waals surface area contributed by atoms with E-state index in [0.717, 1.165) is 18.8 Å². The number of nitrogens with one attached hydrogen (secondary N) is 1. The molecule has 0 aromatic carbocycles. The van der Waals surface area contributed by atoms with Gasteiger partial charge in [-0.2, -0.15) is 4.98 Å². The second-order valence-electron chi connectivity index (χ2n) is 5.44. The monoisotopic (exact) mass is 251 g/mol. The van der Waals surface area contributed by atoms with Gasteiger partial charge in [0.1, 0.15) is 11.4 Å². The van der Waals surface area contributed by atoms with Crippen molar-refractivity contribution in [1.82, 2.24) is 4.98 Å². The highest BCUT2D eigenvalue weighted by Gasteiger charge is 2.15. The van der Waals surface area contributed by atoms with E-state index in [9.17, 15) is 0 Å². The van der Waals surface area contributed by atoms with E-state index in [1.165, 1.54) is 12.8 Å². The third-order valence-corrected chi connectivity index (χ3v) is 2.38. The molecule has 0 saturated heterocycles. The van der Waals surface area contributed by atoms with E-state index in [-0.39, 0.29) is 5.60 Å². The predicted molar refractivity (Wildman–Crippen MR) is 77.0 cm³/mol. The summed E-state index contributed by atoms with van der Waals surface area (Å²) in [6.45, 7) is 9.07. The van der Waals surface area contributed by atoms with Crippen LogP contribution in [0.25, 0.3) is 0 Å². The van der Waals surface area contributed by atoms with Crippen molar-refractivity contribution in [2.45, 2.75) is 52.6 Å². The van der Waals surface area contributed by atoms with Crippen LogP contribution in [0.15, 0.2) is 12.1 Å². The fourth-order valence-corrected chi connectivity index (χ4v) is 1.51. The van der Waals surface area contributed by atoms with E-state index >= 15 is 0 Å². The number of nitrogen functional groups attached to an aromatic ring is 1. The third kappa shape index (κ3) is 5.25. The molecule has 0 fully saturated rings. The number of unbranched alkanes of at least 4 members (excludes halogenated alkanes) is 2. The Morgan fingerprint density at radius 1 is 1.28 bits per heavy atom. The van der Waals surface area contributed by atoms with Gasteiger partial charge in [0, 0.05) is 6.54 Å². The lowest BCUT2D eigenvalue weighted by Gasteiger charge is -2.21. The van der Waals surface area contributed by atoms with E-state index in [4.69, 9.17) is 10.5 Å². The van der Waals surface area contributed by atoms with Crippen LogP contribution >= 0.6 is 0 Å². The Kier molecular flexibility index (Phi) is 5.25. The molecule has 4 heteroatoms. The Bertz CT molecular complexity index is 372. The van der Waals surface area contributed by atoms with Crippen LogP contribution in [-0.2, 0) is 0 Å². The third-order valence-electron chi connectivity index (χ3n) is 2.38. The highest BCUT2D eigenvalue weighted by atomic mass is 16.5. The highest BCUT2D eigenvalue weighted by Crippen LogP contribution is 2.24. The van der Waals surface area contributed by atoms with E-state index in [1.807, 2.05) is 32.9 Å². The minimum Gasteiger partial charge on any atom is -0.470 e. The summed E-state index contributed by atoms with van der Waals surface area (Å²) in [6.07, 6.45) is 3.60. The van der Waals surface area contributed by atoms with Gasteiger partial charge < -0.3 is 15.8 Å². The Labute approximate surface area is 110 Å². The van der Waals surface area contributed by atoms with Crippen LogP contribution in [0, 0.1) is 0 Å².